The lowest BCUT2D eigenvalue weighted by Crippen LogP contribution is -2.34. The largest absolute Gasteiger partial charge is 0.412 e. The van der Waals surface area contributed by atoms with Crippen molar-refractivity contribution in [1.29, 1.82) is 0 Å². The lowest BCUT2D eigenvalue weighted by Gasteiger charge is -2.11. The fraction of sp³-hybridized carbons (Fsp3) is 0.667. The van der Waals surface area contributed by atoms with Crippen LogP contribution >= 0.6 is 0 Å². The number of nitrogens with two attached hydrogens (primary N) is 1. The first-order valence-corrected chi connectivity index (χ1v) is 3.26. The summed E-state index contributed by atoms with van der Waals surface area (Å²) in [6.45, 7) is 0.764. The van der Waals surface area contributed by atoms with Crippen molar-refractivity contribution in [3.05, 3.63) is 0 Å². The van der Waals surface area contributed by atoms with Gasteiger partial charge in [-0.25, -0.2) is 0 Å². The van der Waals surface area contributed by atoms with Crippen LogP contribution in [0.25, 0.3) is 0 Å². The molecule has 64 valence electrons. The van der Waals surface area contributed by atoms with E-state index in [-0.39, 0.29) is 17.9 Å². The number of primary amides is 1. The second kappa shape index (κ2) is 3.92. The third-order valence-corrected chi connectivity index (χ3v) is 1.52. The molecule has 0 atom stereocenters. The third kappa shape index (κ3) is 2.55. The van der Waals surface area contributed by atoms with Crippen LogP contribution in [-0.2, 0) is 9.59 Å². The Hall–Kier alpha value is -1.10. The monoisotopic (exact) mass is 160 g/mol. The summed E-state index contributed by atoms with van der Waals surface area (Å²) in [5.41, 5.74) is 4.90. The zero-order valence-electron chi connectivity index (χ0n) is 6.17. The predicted molar refractivity (Wildman–Crippen MR) is 38.6 cm³/mol. The first-order valence-electron chi connectivity index (χ1n) is 3.26. The van der Waals surface area contributed by atoms with Gasteiger partial charge in [0, 0.05) is 13.0 Å². The second-order valence-electron chi connectivity index (χ2n) is 2.39. The van der Waals surface area contributed by atoms with Crippen LogP contribution in [-0.4, -0.2) is 35.3 Å². The molecule has 0 radical (unpaired) electrons. The van der Waals surface area contributed by atoms with Crippen molar-refractivity contribution >= 4 is 11.8 Å². The number of nitrogens with zero attached hydrogens (tertiary/aromatic N) is 1. The summed E-state index contributed by atoms with van der Waals surface area (Å²) in [7, 11) is 0. The van der Waals surface area contributed by atoms with Crippen LogP contribution in [0, 0.1) is 0 Å². The Morgan fingerprint density at radius 1 is 1.64 bits per heavy atom. The molecule has 1 fully saturated rings. The standard InChI is InChI=1S/C6H10N2O2.H2O/c7-5(9)4-8-3-1-2-6(8)10;/h1-4H2,(H2,7,9);1H2. The van der Waals surface area contributed by atoms with E-state index in [9.17, 15) is 9.59 Å². The van der Waals surface area contributed by atoms with E-state index >= 15 is 0 Å². The van der Waals surface area contributed by atoms with Crippen LogP contribution in [0.5, 0.6) is 0 Å². The fourth-order valence-corrected chi connectivity index (χ4v) is 1.06. The van der Waals surface area contributed by atoms with Gasteiger partial charge in [-0.15, -0.1) is 0 Å². The normalized spacial score (nSPS) is 16.4. The van der Waals surface area contributed by atoms with Crippen molar-refractivity contribution in [3.8, 4) is 0 Å². The van der Waals surface area contributed by atoms with Crippen LogP contribution < -0.4 is 5.73 Å². The Morgan fingerprint density at radius 2 is 2.27 bits per heavy atom. The summed E-state index contributed by atoms with van der Waals surface area (Å²) in [5, 5.41) is 0. The molecule has 11 heavy (non-hydrogen) atoms. The van der Waals surface area contributed by atoms with Gasteiger partial charge >= 0.3 is 0 Å². The number of rotatable bonds is 2. The number of amides is 2. The molecule has 5 nitrogen and oxygen atoms in total. The molecular weight excluding hydrogens is 148 g/mol. The van der Waals surface area contributed by atoms with Crippen molar-refractivity contribution in [2.75, 3.05) is 13.1 Å². The van der Waals surface area contributed by atoms with Gasteiger partial charge in [0.2, 0.25) is 11.8 Å². The summed E-state index contributed by atoms with van der Waals surface area (Å²) in [5.74, 6) is -0.394. The van der Waals surface area contributed by atoms with Crippen LogP contribution in [0.1, 0.15) is 12.8 Å². The molecule has 0 bridgehead atoms. The Labute approximate surface area is 64.5 Å². The average molecular weight is 160 g/mol. The first-order chi connectivity index (χ1) is 4.70. The van der Waals surface area contributed by atoms with Crippen LogP contribution in [0.4, 0.5) is 0 Å². The summed E-state index contributed by atoms with van der Waals surface area (Å²) in [6.07, 6.45) is 1.42. The first kappa shape index (κ1) is 9.90. The molecule has 4 N–H and O–H groups in total. The molecule has 0 aromatic carbocycles. The maximum absolute atomic E-state index is 10.8. The minimum absolute atomic E-state index is 0. The quantitative estimate of drug-likeness (QED) is 0.519. The molecule has 1 aliphatic heterocycles. The highest BCUT2D eigenvalue weighted by Gasteiger charge is 2.20. The fourth-order valence-electron chi connectivity index (χ4n) is 1.06. The van der Waals surface area contributed by atoms with E-state index in [2.05, 4.69) is 0 Å². The van der Waals surface area contributed by atoms with Gasteiger partial charge < -0.3 is 16.1 Å². The summed E-state index contributed by atoms with van der Waals surface area (Å²) < 4.78 is 0. The number of hydrogen-bond acceptors (Lipinski definition) is 2. The molecule has 1 aliphatic rings. The number of carbonyl (C=O) groups excluding carboxylic acids is 2. The van der Waals surface area contributed by atoms with Crippen molar-refractivity contribution in [3.63, 3.8) is 0 Å². The second-order valence-corrected chi connectivity index (χ2v) is 2.39. The van der Waals surface area contributed by atoms with E-state index in [4.69, 9.17) is 5.73 Å². The Balaban J connectivity index is 0.000001000. The zero-order valence-corrected chi connectivity index (χ0v) is 6.17. The van der Waals surface area contributed by atoms with Gasteiger partial charge in [-0.05, 0) is 6.42 Å². The van der Waals surface area contributed by atoms with Gasteiger partial charge in [0.1, 0.15) is 0 Å². The minimum atomic E-state index is -0.435. The van der Waals surface area contributed by atoms with E-state index in [0.717, 1.165) is 6.42 Å². The molecule has 0 aromatic rings. The molecule has 1 heterocycles. The van der Waals surface area contributed by atoms with Gasteiger partial charge in [-0.3, -0.25) is 9.59 Å². The van der Waals surface area contributed by atoms with E-state index in [1.807, 2.05) is 0 Å². The molecule has 2 amide bonds. The Kier molecular flexibility index (Phi) is 3.53. The van der Waals surface area contributed by atoms with Crippen molar-refractivity contribution < 1.29 is 15.1 Å². The average Bonchev–Trinajstić information content (AvgIpc) is 2.15. The zero-order chi connectivity index (χ0) is 7.56. The SMILES string of the molecule is NC(=O)CN1CCCC1=O.O. The maximum Gasteiger partial charge on any atom is 0.237 e. The van der Waals surface area contributed by atoms with Crippen molar-refractivity contribution in [1.82, 2.24) is 4.90 Å². The van der Waals surface area contributed by atoms with Gasteiger partial charge in [-0.1, -0.05) is 0 Å². The Morgan fingerprint density at radius 3 is 2.64 bits per heavy atom. The third-order valence-electron chi connectivity index (χ3n) is 1.52. The van der Waals surface area contributed by atoms with Gasteiger partial charge in [0.15, 0.2) is 0 Å². The lowest BCUT2D eigenvalue weighted by molar-refractivity contribution is -0.132. The Bertz CT molecular complexity index is 169. The summed E-state index contributed by atoms with van der Waals surface area (Å²) in [4.78, 5) is 22.6. The topological polar surface area (TPSA) is 94.9 Å². The van der Waals surface area contributed by atoms with Gasteiger partial charge in [0.05, 0.1) is 6.54 Å². The molecule has 0 saturated carbocycles. The maximum atomic E-state index is 10.8. The highest BCUT2D eigenvalue weighted by molar-refractivity contribution is 5.84. The molecular formula is C6H12N2O3. The highest BCUT2D eigenvalue weighted by Crippen LogP contribution is 2.07. The molecule has 0 spiro atoms. The minimum Gasteiger partial charge on any atom is -0.412 e. The number of likely N-dealkylation sites (tertiary alicyclic amines) is 1. The van der Waals surface area contributed by atoms with E-state index in [1.54, 1.807) is 0 Å². The van der Waals surface area contributed by atoms with Crippen LogP contribution in [0.2, 0.25) is 0 Å². The molecule has 0 unspecified atom stereocenters. The lowest BCUT2D eigenvalue weighted by atomic mass is 10.4. The van der Waals surface area contributed by atoms with E-state index < -0.39 is 5.91 Å². The molecule has 0 aromatic heterocycles. The van der Waals surface area contributed by atoms with E-state index in [0.29, 0.717) is 13.0 Å². The molecule has 1 rings (SSSR count). The van der Waals surface area contributed by atoms with Gasteiger partial charge in [-0.2, -0.15) is 0 Å². The number of hydrogen-bond donors (Lipinski definition) is 1. The van der Waals surface area contributed by atoms with Crippen LogP contribution in [0.3, 0.4) is 0 Å². The number of carbonyl (C=O) groups is 2. The van der Waals surface area contributed by atoms with Crippen LogP contribution in [0.15, 0.2) is 0 Å². The van der Waals surface area contributed by atoms with Gasteiger partial charge in [0.25, 0.3) is 0 Å². The predicted octanol–water partition coefficient (Wildman–Crippen LogP) is -1.73. The highest BCUT2D eigenvalue weighted by atomic mass is 16.2. The molecule has 1 saturated heterocycles. The van der Waals surface area contributed by atoms with E-state index in [1.165, 1.54) is 4.90 Å². The molecule has 0 aliphatic carbocycles. The molecule has 5 heteroatoms. The van der Waals surface area contributed by atoms with Crippen molar-refractivity contribution in [2.24, 2.45) is 5.73 Å². The smallest absolute Gasteiger partial charge is 0.237 e. The van der Waals surface area contributed by atoms with Crippen molar-refractivity contribution in [2.45, 2.75) is 12.8 Å². The summed E-state index contributed by atoms with van der Waals surface area (Å²) in [6, 6.07) is 0. The summed E-state index contributed by atoms with van der Waals surface area (Å²) >= 11 is 0.